The summed E-state index contributed by atoms with van der Waals surface area (Å²) >= 11 is 11.2. The molecule has 0 saturated heterocycles. The number of benzene rings is 2. The molecule has 0 aromatic heterocycles. The van der Waals surface area contributed by atoms with Crippen LogP contribution in [0.4, 0.5) is 13.2 Å². The van der Waals surface area contributed by atoms with Crippen LogP contribution in [-0.4, -0.2) is 12.1 Å². The van der Waals surface area contributed by atoms with Crippen LogP contribution in [0.25, 0.3) is 0 Å². The van der Waals surface area contributed by atoms with E-state index in [9.17, 15) is 23.2 Å². The summed E-state index contributed by atoms with van der Waals surface area (Å²) in [6.07, 6.45) is -5.11. The van der Waals surface area contributed by atoms with E-state index in [4.69, 9.17) is 32.7 Å². The molecule has 0 amide bonds. The molecule has 0 N–H and O–H groups in total. The maximum atomic E-state index is 12.7. The van der Waals surface area contributed by atoms with Gasteiger partial charge in [-0.2, -0.15) is 18.4 Å². The highest BCUT2D eigenvalue weighted by atomic mass is 35.5. The first kappa shape index (κ1) is 24.0. The highest BCUT2D eigenvalue weighted by molar-refractivity contribution is 6.30. The van der Waals surface area contributed by atoms with Crippen molar-refractivity contribution in [3.05, 3.63) is 70.2 Å². The number of alkyl halides is 3. The summed E-state index contributed by atoms with van der Waals surface area (Å²) in [6, 6.07) is 15.0. The number of halogens is 5. The number of allylic oxidation sites excluding steroid dienone is 2. The molecule has 2 aromatic rings. The lowest BCUT2D eigenvalue weighted by molar-refractivity contribution is -0.149. The Hall–Kier alpha value is -2.69. The number of nitriles is 1. The van der Waals surface area contributed by atoms with Gasteiger partial charge in [-0.3, -0.25) is 4.79 Å². The molecular formula is C23H18Cl2F3NO3. The zero-order chi connectivity index (χ0) is 23.7. The van der Waals surface area contributed by atoms with Crippen LogP contribution in [0.2, 0.25) is 5.02 Å². The Bertz CT molecular complexity index is 1080. The van der Waals surface area contributed by atoms with Gasteiger partial charge in [0.05, 0.1) is 5.92 Å². The molecule has 0 heterocycles. The number of nitrogens with zero attached hydrogens (tertiary/aromatic N) is 1. The second-order valence-corrected chi connectivity index (χ2v) is 8.76. The minimum atomic E-state index is -4.69. The third-order valence-corrected chi connectivity index (χ3v) is 5.92. The summed E-state index contributed by atoms with van der Waals surface area (Å²) in [5.41, 5.74) is -0.409. The lowest BCUT2D eigenvalue weighted by atomic mass is 10.1. The van der Waals surface area contributed by atoms with Gasteiger partial charge in [0.2, 0.25) is 6.10 Å². The van der Waals surface area contributed by atoms with E-state index < -0.39 is 40.5 Å². The van der Waals surface area contributed by atoms with Crippen LogP contribution in [0, 0.1) is 28.6 Å². The molecule has 1 saturated carbocycles. The Morgan fingerprint density at radius 2 is 1.84 bits per heavy atom. The summed E-state index contributed by atoms with van der Waals surface area (Å²) < 4.78 is 49.3. The van der Waals surface area contributed by atoms with E-state index >= 15 is 0 Å². The SMILES string of the molecule is CC1(C)[C@@H](/C=C(\Cl)C(F)(F)F)[C@@H]1C(=O)OC(C#N)c1cccc(Oc2ccc(Cl)cc2)c1. The van der Waals surface area contributed by atoms with Crippen molar-refractivity contribution in [1.29, 1.82) is 5.26 Å². The van der Waals surface area contributed by atoms with E-state index in [-0.39, 0.29) is 0 Å². The fraction of sp³-hybridized carbons (Fsp3) is 0.304. The average Bonchev–Trinajstić information content (AvgIpc) is 3.27. The van der Waals surface area contributed by atoms with Crippen molar-refractivity contribution in [2.45, 2.75) is 26.1 Å². The molecule has 0 bridgehead atoms. The van der Waals surface area contributed by atoms with E-state index in [1.165, 1.54) is 0 Å². The van der Waals surface area contributed by atoms with Gasteiger partial charge < -0.3 is 9.47 Å². The molecule has 0 radical (unpaired) electrons. The highest BCUT2D eigenvalue weighted by Crippen LogP contribution is 2.60. The van der Waals surface area contributed by atoms with E-state index in [0.29, 0.717) is 22.1 Å². The van der Waals surface area contributed by atoms with Crippen molar-refractivity contribution in [3.8, 4) is 17.6 Å². The molecule has 1 aliphatic carbocycles. The van der Waals surface area contributed by atoms with E-state index in [0.717, 1.165) is 6.08 Å². The first-order valence-electron chi connectivity index (χ1n) is 9.51. The lowest BCUT2D eigenvalue weighted by Gasteiger charge is -2.13. The van der Waals surface area contributed by atoms with E-state index in [1.807, 2.05) is 6.07 Å². The topological polar surface area (TPSA) is 59.3 Å². The number of esters is 1. The van der Waals surface area contributed by atoms with Crippen LogP contribution in [-0.2, 0) is 9.53 Å². The number of rotatable bonds is 6. The third kappa shape index (κ3) is 5.37. The van der Waals surface area contributed by atoms with Crippen LogP contribution < -0.4 is 4.74 Å². The summed E-state index contributed by atoms with van der Waals surface area (Å²) in [6.45, 7) is 3.28. The molecule has 3 rings (SSSR count). The Kier molecular flexibility index (Phi) is 6.77. The third-order valence-electron chi connectivity index (χ3n) is 5.32. The molecule has 1 fully saturated rings. The first-order chi connectivity index (χ1) is 14.9. The van der Waals surface area contributed by atoms with Gasteiger partial charge in [0, 0.05) is 10.6 Å². The standard InChI is InChI=1S/C23H18Cl2F3NO3/c1-22(2)17(11-19(25)23(26,27)28)20(22)21(30)32-18(12-29)13-4-3-5-16(10-13)31-15-8-6-14(24)7-9-15/h3-11,17-18,20H,1-2H3/b19-11-/t17-,18?,20+/m0/s1. The van der Waals surface area contributed by atoms with Crippen molar-refractivity contribution in [2.24, 2.45) is 17.3 Å². The highest BCUT2D eigenvalue weighted by Gasteiger charge is 2.62. The van der Waals surface area contributed by atoms with Gasteiger partial charge in [-0.15, -0.1) is 0 Å². The second-order valence-electron chi connectivity index (χ2n) is 7.91. The molecular weight excluding hydrogens is 466 g/mol. The van der Waals surface area contributed by atoms with E-state index in [1.54, 1.807) is 62.4 Å². The fourth-order valence-electron chi connectivity index (χ4n) is 3.43. The first-order valence-corrected chi connectivity index (χ1v) is 10.3. The van der Waals surface area contributed by atoms with Crippen molar-refractivity contribution in [2.75, 3.05) is 0 Å². The molecule has 2 aromatic carbocycles. The summed E-state index contributed by atoms with van der Waals surface area (Å²) in [7, 11) is 0. The van der Waals surface area contributed by atoms with Crippen molar-refractivity contribution >= 4 is 29.2 Å². The van der Waals surface area contributed by atoms with Crippen LogP contribution in [0.15, 0.2) is 59.6 Å². The molecule has 0 spiro atoms. The maximum Gasteiger partial charge on any atom is 0.426 e. The minimum Gasteiger partial charge on any atom is -0.457 e. The summed E-state index contributed by atoms with van der Waals surface area (Å²) in [5.74, 6) is -1.43. The largest absolute Gasteiger partial charge is 0.457 e. The predicted molar refractivity (Wildman–Crippen MR) is 113 cm³/mol. The Labute approximate surface area is 193 Å². The van der Waals surface area contributed by atoms with Gasteiger partial charge in [0.1, 0.15) is 22.6 Å². The van der Waals surface area contributed by atoms with Gasteiger partial charge in [0.15, 0.2) is 0 Å². The second kappa shape index (κ2) is 9.05. The Morgan fingerprint density at radius 1 is 1.19 bits per heavy atom. The van der Waals surface area contributed by atoms with Gasteiger partial charge in [0.25, 0.3) is 0 Å². The molecule has 0 aliphatic heterocycles. The van der Waals surface area contributed by atoms with Crippen LogP contribution >= 0.6 is 23.2 Å². The Balaban J connectivity index is 1.72. The van der Waals surface area contributed by atoms with Crippen LogP contribution in [0.3, 0.4) is 0 Å². The van der Waals surface area contributed by atoms with Gasteiger partial charge in [-0.05, 0) is 47.7 Å². The number of hydrogen-bond donors (Lipinski definition) is 0. The molecule has 9 heteroatoms. The van der Waals surface area contributed by atoms with Gasteiger partial charge >= 0.3 is 12.1 Å². The molecule has 168 valence electrons. The monoisotopic (exact) mass is 483 g/mol. The summed E-state index contributed by atoms with van der Waals surface area (Å²) in [4.78, 5) is 12.6. The normalized spacial score (nSPS) is 20.8. The van der Waals surface area contributed by atoms with Crippen LogP contribution in [0.1, 0.15) is 25.5 Å². The van der Waals surface area contributed by atoms with E-state index in [2.05, 4.69) is 0 Å². The van der Waals surface area contributed by atoms with Crippen molar-refractivity contribution in [3.63, 3.8) is 0 Å². The predicted octanol–water partition coefficient (Wildman–Crippen LogP) is 7.20. The maximum absolute atomic E-state index is 12.7. The molecule has 32 heavy (non-hydrogen) atoms. The number of ether oxygens (including phenoxy) is 2. The smallest absolute Gasteiger partial charge is 0.426 e. The quantitative estimate of drug-likeness (QED) is 0.407. The molecule has 3 atom stereocenters. The lowest BCUT2D eigenvalue weighted by Crippen LogP contribution is -2.14. The van der Waals surface area contributed by atoms with Crippen LogP contribution in [0.5, 0.6) is 11.5 Å². The zero-order valence-corrected chi connectivity index (χ0v) is 18.5. The number of carbonyl (C=O) groups excluding carboxylic acids is 1. The van der Waals surface area contributed by atoms with Gasteiger partial charge in [-0.25, -0.2) is 0 Å². The molecule has 4 nitrogen and oxygen atoms in total. The number of carbonyl (C=O) groups is 1. The number of hydrogen-bond acceptors (Lipinski definition) is 4. The van der Waals surface area contributed by atoms with Crippen molar-refractivity contribution < 1.29 is 27.4 Å². The summed E-state index contributed by atoms with van der Waals surface area (Å²) in [5, 5.41) is 8.79. The minimum absolute atomic E-state index is 0.367. The zero-order valence-electron chi connectivity index (χ0n) is 17.0. The Morgan fingerprint density at radius 3 is 2.44 bits per heavy atom. The molecule has 1 unspecified atom stereocenters. The molecule has 1 aliphatic rings. The average molecular weight is 484 g/mol. The fourth-order valence-corrected chi connectivity index (χ4v) is 3.69. The van der Waals surface area contributed by atoms with Crippen molar-refractivity contribution in [1.82, 2.24) is 0 Å². The van der Waals surface area contributed by atoms with Gasteiger partial charge in [-0.1, -0.05) is 55.3 Å².